The van der Waals surface area contributed by atoms with Gasteiger partial charge < -0.3 is 14.6 Å². The van der Waals surface area contributed by atoms with Crippen LogP contribution in [0.3, 0.4) is 0 Å². The Morgan fingerprint density at radius 2 is 2.15 bits per heavy atom. The van der Waals surface area contributed by atoms with Crippen LogP contribution in [0.5, 0.6) is 0 Å². The van der Waals surface area contributed by atoms with Crippen LogP contribution in [0.1, 0.15) is 27.7 Å². The van der Waals surface area contributed by atoms with Gasteiger partial charge in [-0.2, -0.15) is 0 Å². The van der Waals surface area contributed by atoms with Crippen molar-refractivity contribution in [1.29, 1.82) is 0 Å². The molecule has 0 aromatic rings. The Labute approximate surface area is 80.0 Å². The molecule has 1 aliphatic rings. The van der Waals surface area contributed by atoms with Crippen LogP contribution in [-0.2, 0) is 9.47 Å². The Bertz CT molecular complexity index is 164. The topological polar surface area (TPSA) is 38.7 Å². The standard InChI is InChI=1S/C10H20O3/c1-7(5-11)9-8(2)6-12-10(3,4)13-9/h7-9,11H,5-6H2,1-4H3/t7-,8+,9-/m0/s1. The predicted molar refractivity (Wildman–Crippen MR) is 50.3 cm³/mol. The van der Waals surface area contributed by atoms with Gasteiger partial charge in [0.15, 0.2) is 5.79 Å². The van der Waals surface area contributed by atoms with Crippen LogP contribution >= 0.6 is 0 Å². The maximum absolute atomic E-state index is 9.05. The van der Waals surface area contributed by atoms with Crippen LogP contribution in [0, 0.1) is 11.8 Å². The molecule has 78 valence electrons. The van der Waals surface area contributed by atoms with Crippen molar-refractivity contribution >= 4 is 0 Å². The van der Waals surface area contributed by atoms with E-state index in [-0.39, 0.29) is 18.6 Å². The number of aliphatic hydroxyl groups is 1. The number of hydrogen-bond donors (Lipinski definition) is 1. The lowest BCUT2D eigenvalue weighted by Gasteiger charge is -2.42. The number of hydrogen-bond acceptors (Lipinski definition) is 3. The molecule has 0 aromatic carbocycles. The second-order valence-corrected chi connectivity index (χ2v) is 4.43. The van der Waals surface area contributed by atoms with Gasteiger partial charge in [-0.3, -0.25) is 0 Å². The van der Waals surface area contributed by atoms with Crippen molar-refractivity contribution in [2.45, 2.75) is 39.6 Å². The third-order valence-corrected chi connectivity index (χ3v) is 2.52. The minimum atomic E-state index is -0.499. The molecule has 0 radical (unpaired) electrons. The van der Waals surface area contributed by atoms with Crippen molar-refractivity contribution in [3.05, 3.63) is 0 Å². The molecule has 1 aliphatic heterocycles. The molecule has 1 fully saturated rings. The highest BCUT2D eigenvalue weighted by Crippen LogP contribution is 2.29. The summed E-state index contributed by atoms with van der Waals surface area (Å²) in [6.45, 7) is 8.80. The molecule has 1 N–H and O–H groups in total. The van der Waals surface area contributed by atoms with Crippen molar-refractivity contribution < 1.29 is 14.6 Å². The van der Waals surface area contributed by atoms with E-state index < -0.39 is 5.79 Å². The van der Waals surface area contributed by atoms with Crippen LogP contribution in [-0.4, -0.2) is 30.2 Å². The Morgan fingerprint density at radius 1 is 1.54 bits per heavy atom. The maximum atomic E-state index is 9.05. The van der Waals surface area contributed by atoms with E-state index in [1.165, 1.54) is 0 Å². The van der Waals surface area contributed by atoms with Gasteiger partial charge in [0.05, 0.1) is 12.7 Å². The average Bonchev–Trinajstić information content (AvgIpc) is 2.08. The largest absolute Gasteiger partial charge is 0.396 e. The lowest BCUT2D eigenvalue weighted by molar-refractivity contribution is -0.300. The van der Waals surface area contributed by atoms with E-state index in [9.17, 15) is 0 Å². The molecule has 0 saturated carbocycles. The van der Waals surface area contributed by atoms with E-state index in [0.29, 0.717) is 12.5 Å². The second-order valence-electron chi connectivity index (χ2n) is 4.43. The first-order valence-corrected chi connectivity index (χ1v) is 4.89. The van der Waals surface area contributed by atoms with E-state index in [4.69, 9.17) is 14.6 Å². The van der Waals surface area contributed by atoms with Gasteiger partial charge in [0.2, 0.25) is 0 Å². The summed E-state index contributed by atoms with van der Waals surface area (Å²) in [6.07, 6.45) is 0.105. The van der Waals surface area contributed by atoms with Crippen molar-refractivity contribution in [3.63, 3.8) is 0 Å². The molecule has 0 aromatic heterocycles. The van der Waals surface area contributed by atoms with Gasteiger partial charge >= 0.3 is 0 Å². The zero-order valence-electron chi connectivity index (χ0n) is 8.91. The summed E-state index contributed by atoms with van der Waals surface area (Å²) in [6, 6.07) is 0. The van der Waals surface area contributed by atoms with Crippen molar-refractivity contribution in [2.24, 2.45) is 11.8 Å². The van der Waals surface area contributed by atoms with Crippen LogP contribution in [0.15, 0.2) is 0 Å². The maximum Gasteiger partial charge on any atom is 0.163 e. The summed E-state index contributed by atoms with van der Waals surface area (Å²) < 4.78 is 11.3. The van der Waals surface area contributed by atoms with Crippen molar-refractivity contribution in [2.75, 3.05) is 13.2 Å². The van der Waals surface area contributed by atoms with E-state index >= 15 is 0 Å². The molecule has 3 heteroatoms. The number of ether oxygens (including phenoxy) is 2. The summed E-state index contributed by atoms with van der Waals surface area (Å²) in [5, 5.41) is 9.05. The Morgan fingerprint density at radius 3 is 2.69 bits per heavy atom. The van der Waals surface area contributed by atoms with E-state index in [2.05, 4.69) is 6.92 Å². The Balaban J connectivity index is 2.60. The van der Waals surface area contributed by atoms with Gasteiger partial charge in [0, 0.05) is 18.4 Å². The molecule has 0 amide bonds. The quantitative estimate of drug-likeness (QED) is 0.712. The molecular weight excluding hydrogens is 168 g/mol. The Hall–Kier alpha value is -0.120. The summed E-state index contributed by atoms with van der Waals surface area (Å²) in [4.78, 5) is 0. The number of rotatable bonds is 2. The van der Waals surface area contributed by atoms with Crippen LogP contribution in [0.2, 0.25) is 0 Å². The molecular formula is C10H20O3. The second kappa shape index (κ2) is 3.95. The highest BCUT2D eigenvalue weighted by molar-refractivity contribution is 4.78. The van der Waals surface area contributed by atoms with Gasteiger partial charge in [-0.15, -0.1) is 0 Å². The zero-order valence-corrected chi connectivity index (χ0v) is 8.91. The summed E-state index contributed by atoms with van der Waals surface area (Å²) in [7, 11) is 0. The average molecular weight is 188 g/mol. The first kappa shape index (κ1) is 11.0. The molecule has 1 rings (SSSR count). The van der Waals surface area contributed by atoms with Crippen molar-refractivity contribution in [3.8, 4) is 0 Å². The lowest BCUT2D eigenvalue weighted by Crippen LogP contribution is -2.47. The van der Waals surface area contributed by atoms with E-state index in [1.54, 1.807) is 0 Å². The molecule has 1 saturated heterocycles. The van der Waals surface area contributed by atoms with Crippen LogP contribution in [0.25, 0.3) is 0 Å². The molecule has 3 atom stereocenters. The van der Waals surface area contributed by atoms with Crippen molar-refractivity contribution in [1.82, 2.24) is 0 Å². The SMILES string of the molecule is C[C@@H]1COC(C)(C)O[C@H]1[C@@H](C)CO. The highest BCUT2D eigenvalue weighted by Gasteiger charge is 2.36. The molecule has 1 heterocycles. The Kier molecular flexibility index (Phi) is 3.33. The summed E-state index contributed by atoms with van der Waals surface area (Å²) in [5.41, 5.74) is 0. The van der Waals surface area contributed by atoms with Crippen LogP contribution < -0.4 is 0 Å². The molecule has 0 unspecified atom stereocenters. The molecule has 3 nitrogen and oxygen atoms in total. The third-order valence-electron chi connectivity index (χ3n) is 2.52. The van der Waals surface area contributed by atoms with Gasteiger partial charge in [-0.1, -0.05) is 13.8 Å². The third kappa shape index (κ3) is 2.66. The molecule has 0 spiro atoms. The first-order chi connectivity index (χ1) is 5.96. The molecule has 0 aliphatic carbocycles. The van der Waals surface area contributed by atoms with Crippen LogP contribution in [0.4, 0.5) is 0 Å². The fraction of sp³-hybridized carbons (Fsp3) is 1.00. The van der Waals surface area contributed by atoms with Gasteiger partial charge in [-0.05, 0) is 13.8 Å². The molecule has 0 bridgehead atoms. The summed E-state index contributed by atoms with van der Waals surface area (Å²) in [5.74, 6) is 0.0361. The highest BCUT2D eigenvalue weighted by atomic mass is 16.7. The van der Waals surface area contributed by atoms with Gasteiger partial charge in [0.1, 0.15) is 0 Å². The fourth-order valence-corrected chi connectivity index (χ4v) is 1.69. The zero-order chi connectivity index (χ0) is 10.1. The number of aliphatic hydroxyl groups excluding tert-OH is 1. The minimum absolute atomic E-state index is 0.105. The molecule has 13 heavy (non-hydrogen) atoms. The monoisotopic (exact) mass is 188 g/mol. The predicted octanol–water partition coefficient (Wildman–Crippen LogP) is 1.40. The fourth-order valence-electron chi connectivity index (χ4n) is 1.69. The summed E-state index contributed by atoms with van der Waals surface area (Å²) >= 11 is 0. The minimum Gasteiger partial charge on any atom is -0.396 e. The van der Waals surface area contributed by atoms with E-state index in [0.717, 1.165) is 0 Å². The van der Waals surface area contributed by atoms with Gasteiger partial charge in [0.25, 0.3) is 0 Å². The smallest absolute Gasteiger partial charge is 0.163 e. The first-order valence-electron chi connectivity index (χ1n) is 4.89. The van der Waals surface area contributed by atoms with Gasteiger partial charge in [-0.25, -0.2) is 0 Å². The lowest BCUT2D eigenvalue weighted by atomic mass is 9.93. The van der Waals surface area contributed by atoms with E-state index in [1.807, 2.05) is 20.8 Å². The normalized spacial score (nSPS) is 35.8.